The molecule has 0 aliphatic carbocycles. The molecule has 2 rings (SSSR count). The van der Waals surface area contributed by atoms with Gasteiger partial charge in [0.15, 0.2) is 11.5 Å². The van der Waals surface area contributed by atoms with Gasteiger partial charge in [-0.15, -0.1) is 11.3 Å². The van der Waals surface area contributed by atoms with Crippen LogP contribution >= 0.6 is 27.3 Å². The third-order valence-electron chi connectivity index (χ3n) is 4.37. The van der Waals surface area contributed by atoms with E-state index in [1.807, 2.05) is 34.6 Å². The van der Waals surface area contributed by atoms with Gasteiger partial charge >= 0.3 is 5.97 Å². The number of nitrogens with two attached hydrogens (primary N) is 1. The van der Waals surface area contributed by atoms with E-state index in [2.05, 4.69) is 26.2 Å². The lowest BCUT2D eigenvalue weighted by Crippen LogP contribution is -2.37. The number of amides is 2. The lowest BCUT2D eigenvalue weighted by molar-refractivity contribution is -0.150. The molecule has 10 heteroatoms. The highest BCUT2D eigenvalue weighted by atomic mass is 79.9. The molecule has 3 N–H and O–H groups in total. The predicted octanol–water partition coefficient (Wildman–Crippen LogP) is 3.91. The molecule has 1 heterocycles. The lowest BCUT2D eigenvalue weighted by atomic mass is 9.92. The van der Waals surface area contributed by atoms with E-state index in [4.69, 9.17) is 10.5 Å². The Hall–Kier alpha value is -2.30. The summed E-state index contributed by atoms with van der Waals surface area (Å²) in [7, 11) is 0. The molecule has 0 fully saturated rings. The molecule has 0 saturated carbocycles. The number of halogens is 1. The summed E-state index contributed by atoms with van der Waals surface area (Å²) >= 11 is 4.65. The Kier molecular flexibility index (Phi) is 8.94. The first-order valence-corrected chi connectivity index (χ1v) is 11.8. The zero-order chi connectivity index (χ0) is 24.1. The number of hydrogen-bond acceptors (Lipinski definition) is 6. The molecule has 0 bridgehead atoms. The summed E-state index contributed by atoms with van der Waals surface area (Å²) in [6.07, 6.45) is 2.05. The molecule has 2 amide bonds. The van der Waals surface area contributed by atoms with E-state index in [-0.39, 0.29) is 24.0 Å². The maximum atomic E-state index is 12.7. The van der Waals surface area contributed by atoms with Gasteiger partial charge in [0.2, 0.25) is 5.91 Å². The summed E-state index contributed by atoms with van der Waals surface area (Å²) < 4.78 is 7.37. The van der Waals surface area contributed by atoms with Gasteiger partial charge in [-0.25, -0.2) is 0 Å². The topological polar surface area (TPSA) is 116 Å². The van der Waals surface area contributed by atoms with Crippen LogP contribution in [0.2, 0.25) is 0 Å². The molecule has 0 aliphatic heterocycles. The highest BCUT2D eigenvalue weighted by Gasteiger charge is 2.19. The fourth-order valence-corrected chi connectivity index (χ4v) is 3.76. The van der Waals surface area contributed by atoms with Crippen molar-refractivity contribution in [3.63, 3.8) is 0 Å². The normalized spacial score (nSPS) is 13.2. The number of hydrogen-bond donors (Lipinski definition) is 2. The van der Waals surface area contributed by atoms with Crippen LogP contribution < -0.4 is 15.9 Å². The number of rotatable bonds is 7. The minimum atomic E-state index is -0.712. The molecule has 1 aromatic carbocycles. The Morgan fingerprint density at radius 2 is 1.97 bits per heavy atom. The number of thiazole rings is 1. The first-order valence-electron chi connectivity index (χ1n) is 10.1. The highest BCUT2D eigenvalue weighted by molar-refractivity contribution is 9.10. The zero-order valence-electron chi connectivity index (χ0n) is 18.8. The average Bonchev–Trinajstić information content (AvgIpc) is 3.12. The molecule has 32 heavy (non-hydrogen) atoms. The number of ether oxygens (including phenoxy) is 1. The van der Waals surface area contributed by atoms with Gasteiger partial charge in [-0.3, -0.25) is 19.0 Å². The number of nitrogens with one attached hydrogen (secondary N) is 1. The van der Waals surface area contributed by atoms with Gasteiger partial charge in [0.25, 0.3) is 5.91 Å². The minimum Gasteiger partial charge on any atom is -0.443 e. The number of nitrogens with zero attached hydrogens (tertiary/aromatic N) is 2. The molecule has 1 unspecified atom stereocenters. The predicted molar refractivity (Wildman–Crippen MR) is 128 cm³/mol. The number of anilines is 1. The summed E-state index contributed by atoms with van der Waals surface area (Å²) in [4.78, 5) is 41.3. The SMILES string of the molecule is CC(C)C(N)C(=O)OCn1ccs/c1=N\C(=O)c1ccc(NC(=O)CC(C)(C)C)c(Br)c1. The van der Waals surface area contributed by atoms with Crippen molar-refractivity contribution >= 4 is 50.7 Å². The average molecular weight is 525 g/mol. The summed E-state index contributed by atoms with van der Waals surface area (Å²) in [6.45, 7) is 9.55. The number of aromatic nitrogens is 1. The first kappa shape index (κ1) is 26.0. The van der Waals surface area contributed by atoms with Crippen LogP contribution in [-0.4, -0.2) is 28.4 Å². The Bertz CT molecular complexity index is 1050. The number of esters is 1. The van der Waals surface area contributed by atoms with E-state index < -0.39 is 17.9 Å². The molecule has 1 aromatic heterocycles. The molecule has 174 valence electrons. The van der Waals surface area contributed by atoms with Gasteiger partial charge in [-0.1, -0.05) is 34.6 Å². The number of carbonyl (C=O) groups is 3. The van der Waals surface area contributed by atoms with Crippen LogP contribution in [0.5, 0.6) is 0 Å². The second kappa shape index (κ2) is 11.0. The van der Waals surface area contributed by atoms with E-state index in [1.165, 1.54) is 11.3 Å². The molecule has 1 atom stereocenters. The third kappa shape index (κ3) is 7.68. The van der Waals surface area contributed by atoms with E-state index in [1.54, 1.807) is 34.3 Å². The second-order valence-corrected chi connectivity index (χ2v) is 10.6. The van der Waals surface area contributed by atoms with Crippen LogP contribution in [0.3, 0.4) is 0 Å². The summed E-state index contributed by atoms with van der Waals surface area (Å²) in [5, 5.41) is 4.59. The smallest absolute Gasteiger partial charge is 0.324 e. The largest absolute Gasteiger partial charge is 0.443 e. The van der Waals surface area contributed by atoms with Crippen molar-refractivity contribution < 1.29 is 19.1 Å². The van der Waals surface area contributed by atoms with Crippen LogP contribution in [0.1, 0.15) is 51.4 Å². The van der Waals surface area contributed by atoms with E-state index in [0.29, 0.717) is 26.9 Å². The van der Waals surface area contributed by atoms with E-state index in [0.717, 1.165) is 0 Å². The molecule has 0 saturated heterocycles. The van der Waals surface area contributed by atoms with Gasteiger partial charge < -0.3 is 15.8 Å². The second-order valence-electron chi connectivity index (χ2n) is 8.91. The standard InChI is InChI=1S/C22H29BrN4O4S/c1-13(2)18(24)20(30)31-12-27-8-9-32-21(27)26-19(29)14-6-7-16(15(23)10-14)25-17(28)11-22(3,4)5/h6-10,13,18H,11-12,24H2,1-5H3,(H,25,28)/b26-21-. The zero-order valence-corrected chi connectivity index (χ0v) is 21.2. The fraction of sp³-hybridized carbons (Fsp3) is 0.455. The molecule has 2 aromatic rings. The van der Waals surface area contributed by atoms with Crippen molar-refractivity contribution in [2.45, 2.75) is 53.8 Å². The molecular formula is C22H29BrN4O4S. The van der Waals surface area contributed by atoms with Crippen LogP contribution in [0, 0.1) is 11.3 Å². The number of carbonyl (C=O) groups excluding carboxylic acids is 3. The van der Waals surface area contributed by atoms with Crippen molar-refractivity contribution in [1.82, 2.24) is 4.57 Å². The van der Waals surface area contributed by atoms with Gasteiger partial charge in [-0.05, 0) is 45.5 Å². The molecular weight excluding hydrogens is 496 g/mol. The Morgan fingerprint density at radius 1 is 1.28 bits per heavy atom. The minimum absolute atomic E-state index is 0.0413. The van der Waals surface area contributed by atoms with Crippen molar-refractivity contribution in [3.8, 4) is 0 Å². The first-order chi connectivity index (χ1) is 14.9. The Labute approximate surface area is 200 Å². The Balaban J connectivity index is 2.11. The maximum Gasteiger partial charge on any atom is 0.324 e. The molecule has 0 aliphatic rings. The van der Waals surface area contributed by atoms with Crippen LogP contribution in [0.25, 0.3) is 0 Å². The van der Waals surface area contributed by atoms with Crippen LogP contribution in [0.4, 0.5) is 5.69 Å². The van der Waals surface area contributed by atoms with Crippen molar-refractivity contribution in [2.24, 2.45) is 22.1 Å². The summed E-state index contributed by atoms with van der Waals surface area (Å²) in [5.41, 5.74) is 6.59. The quantitative estimate of drug-likeness (QED) is 0.532. The highest BCUT2D eigenvalue weighted by Crippen LogP contribution is 2.26. The maximum absolute atomic E-state index is 12.7. The van der Waals surface area contributed by atoms with E-state index in [9.17, 15) is 14.4 Å². The summed E-state index contributed by atoms with van der Waals surface area (Å²) in [6, 6.07) is 4.16. The van der Waals surface area contributed by atoms with Crippen LogP contribution in [0.15, 0.2) is 39.2 Å². The van der Waals surface area contributed by atoms with Crippen molar-refractivity contribution in [3.05, 3.63) is 44.6 Å². The number of benzene rings is 1. The fourth-order valence-electron chi connectivity index (χ4n) is 2.56. The van der Waals surface area contributed by atoms with Crippen molar-refractivity contribution in [1.29, 1.82) is 0 Å². The molecule has 0 radical (unpaired) electrons. The monoisotopic (exact) mass is 524 g/mol. The van der Waals surface area contributed by atoms with Gasteiger partial charge in [0.05, 0.1) is 5.69 Å². The molecule has 0 spiro atoms. The third-order valence-corrected chi connectivity index (χ3v) is 5.82. The van der Waals surface area contributed by atoms with Gasteiger partial charge in [-0.2, -0.15) is 4.99 Å². The van der Waals surface area contributed by atoms with Crippen LogP contribution in [-0.2, 0) is 21.1 Å². The van der Waals surface area contributed by atoms with E-state index >= 15 is 0 Å². The van der Waals surface area contributed by atoms with Gasteiger partial charge in [0, 0.05) is 28.0 Å². The Morgan fingerprint density at radius 3 is 2.56 bits per heavy atom. The van der Waals surface area contributed by atoms with Crippen molar-refractivity contribution in [2.75, 3.05) is 5.32 Å². The summed E-state index contributed by atoms with van der Waals surface area (Å²) in [5.74, 6) is -1.11. The molecule has 8 nitrogen and oxygen atoms in total. The van der Waals surface area contributed by atoms with Gasteiger partial charge in [0.1, 0.15) is 6.04 Å². The lowest BCUT2D eigenvalue weighted by Gasteiger charge is -2.17.